The van der Waals surface area contributed by atoms with Gasteiger partial charge >= 0.3 is 0 Å². The summed E-state index contributed by atoms with van der Waals surface area (Å²) >= 11 is 0. The van der Waals surface area contributed by atoms with Gasteiger partial charge in [0.1, 0.15) is 6.54 Å². The van der Waals surface area contributed by atoms with Gasteiger partial charge in [-0.3, -0.25) is 14.9 Å². The van der Waals surface area contributed by atoms with Crippen LogP contribution in [-0.2, 0) is 9.59 Å². The third kappa shape index (κ3) is 3.73. The molecule has 1 aromatic rings. The number of amides is 2. The van der Waals surface area contributed by atoms with Gasteiger partial charge < -0.3 is 19.7 Å². The summed E-state index contributed by atoms with van der Waals surface area (Å²) in [5.74, 6) is 1.07. The number of carbonyl (C=O) groups is 2. The quantitative estimate of drug-likeness (QED) is 0.855. The molecule has 2 heterocycles. The number of hydrogen-bond donors (Lipinski definition) is 2. The van der Waals surface area contributed by atoms with Gasteiger partial charge in [-0.2, -0.15) is 0 Å². The van der Waals surface area contributed by atoms with Crippen LogP contribution in [0.25, 0.3) is 0 Å². The molecule has 1 saturated heterocycles. The summed E-state index contributed by atoms with van der Waals surface area (Å²) in [7, 11) is 0. The van der Waals surface area contributed by atoms with Crippen molar-refractivity contribution in [1.29, 1.82) is 0 Å². The molecule has 0 bridgehead atoms. The Balaban J connectivity index is 1.52. The van der Waals surface area contributed by atoms with Crippen molar-refractivity contribution in [2.45, 2.75) is 32.2 Å². The first-order valence-electron chi connectivity index (χ1n) is 7.86. The summed E-state index contributed by atoms with van der Waals surface area (Å²) < 4.78 is 10.5. The Bertz CT molecular complexity index is 605. The molecule has 0 spiro atoms. The molecular weight excluding hydrogens is 298 g/mol. The molecule has 2 aliphatic rings. The first-order valence-corrected chi connectivity index (χ1v) is 7.86. The van der Waals surface area contributed by atoms with Crippen molar-refractivity contribution in [2.75, 3.05) is 25.3 Å². The van der Waals surface area contributed by atoms with Crippen LogP contribution in [0.5, 0.6) is 11.5 Å². The van der Waals surface area contributed by atoms with E-state index in [2.05, 4.69) is 17.6 Å². The van der Waals surface area contributed by atoms with Crippen LogP contribution in [0, 0.1) is 0 Å². The molecule has 2 amide bonds. The summed E-state index contributed by atoms with van der Waals surface area (Å²) in [6.07, 6.45) is 2.46. The van der Waals surface area contributed by atoms with Gasteiger partial charge in [-0.05, 0) is 18.6 Å². The first kappa shape index (κ1) is 15.6. The molecule has 124 valence electrons. The smallest absolute Gasteiger partial charge is 0.244 e. The molecule has 0 aliphatic carbocycles. The van der Waals surface area contributed by atoms with Gasteiger partial charge in [-0.25, -0.2) is 0 Å². The number of benzene rings is 1. The Morgan fingerprint density at radius 2 is 2.22 bits per heavy atom. The highest BCUT2D eigenvalue weighted by Gasteiger charge is 2.26. The van der Waals surface area contributed by atoms with Crippen molar-refractivity contribution in [2.24, 2.45) is 0 Å². The van der Waals surface area contributed by atoms with Crippen molar-refractivity contribution in [3.05, 3.63) is 18.2 Å². The number of anilines is 1. The van der Waals surface area contributed by atoms with E-state index in [1.165, 1.54) is 4.90 Å². The van der Waals surface area contributed by atoms with Crippen LogP contribution in [0.15, 0.2) is 18.2 Å². The zero-order chi connectivity index (χ0) is 16.2. The average Bonchev–Trinajstić information content (AvgIpc) is 2.98. The normalized spacial score (nSPS) is 19.8. The van der Waals surface area contributed by atoms with Gasteiger partial charge in [0.2, 0.25) is 18.6 Å². The van der Waals surface area contributed by atoms with Crippen LogP contribution >= 0.6 is 0 Å². The molecule has 0 saturated carbocycles. The summed E-state index contributed by atoms with van der Waals surface area (Å²) in [5.41, 5.74) is 0.625. The monoisotopic (exact) mass is 319 g/mol. The second kappa shape index (κ2) is 6.87. The summed E-state index contributed by atoms with van der Waals surface area (Å²) in [5, 5.41) is 6.07. The molecule has 7 heteroatoms. The van der Waals surface area contributed by atoms with E-state index in [0.29, 0.717) is 30.3 Å². The van der Waals surface area contributed by atoms with Crippen molar-refractivity contribution in [3.63, 3.8) is 0 Å². The number of nitrogens with zero attached hydrogens (tertiary/aromatic N) is 1. The van der Waals surface area contributed by atoms with Gasteiger partial charge in [-0.15, -0.1) is 0 Å². The number of fused-ring (bicyclic) bond motifs is 1. The maximum Gasteiger partial charge on any atom is 0.244 e. The maximum absolute atomic E-state index is 12.1. The van der Waals surface area contributed by atoms with Gasteiger partial charge in [0.15, 0.2) is 11.5 Å². The fraction of sp³-hybridized carbons (Fsp3) is 0.500. The Kier molecular flexibility index (Phi) is 4.66. The molecule has 1 unspecified atom stereocenters. The van der Waals surface area contributed by atoms with Crippen molar-refractivity contribution in [1.82, 2.24) is 10.2 Å². The van der Waals surface area contributed by atoms with Crippen molar-refractivity contribution in [3.8, 4) is 11.5 Å². The van der Waals surface area contributed by atoms with Gasteiger partial charge in [0, 0.05) is 24.2 Å². The molecule has 3 rings (SSSR count). The molecular formula is C16H21N3O4. The molecule has 0 radical (unpaired) electrons. The Morgan fingerprint density at radius 1 is 1.39 bits per heavy atom. The minimum atomic E-state index is -0.229. The van der Waals surface area contributed by atoms with E-state index in [0.717, 1.165) is 12.8 Å². The highest BCUT2D eigenvalue weighted by Crippen LogP contribution is 2.34. The number of rotatable bonds is 5. The topological polar surface area (TPSA) is 79.9 Å². The average molecular weight is 319 g/mol. The number of nitrogens with one attached hydrogen (secondary N) is 2. The predicted octanol–water partition coefficient (Wildman–Crippen LogP) is 1.30. The van der Waals surface area contributed by atoms with Gasteiger partial charge in [0.25, 0.3) is 0 Å². The fourth-order valence-electron chi connectivity index (χ4n) is 2.78. The maximum atomic E-state index is 12.1. The zero-order valence-electron chi connectivity index (χ0n) is 13.1. The van der Waals surface area contributed by atoms with Gasteiger partial charge in [0.05, 0.1) is 6.67 Å². The van der Waals surface area contributed by atoms with E-state index in [9.17, 15) is 9.59 Å². The van der Waals surface area contributed by atoms with Crippen LogP contribution in [0.1, 0.15) is 26.2 Å². The second-order valence-corrected chi connectivity index (χ2v) is 5.76. The highest BCUT2D eigenvalue weighted by molar-refractivity contribution is 5.95. The lowest BCUT2D eigenvalue weighted by molar-refractivity contribution is -0.138. The van der Waals surface area contributed by atoms with E-state index in [1.54, 1.807) is 18.2 Å². The number of hydrogen-bond acceptors (Lipinski definition) is 5. The number of ether oxygens (including phenoxy) is 2. The first-order chi connectivity index (χ1) is 11.2. The minimum Gasteiger partial charge on any atom is -0.454 e. The van der Waals surface area contributed by atoms with Crippen molar-refractivity contribution < 1.29 is 19.1 Å². The van der Waals surface area contributed by atoms with Crippen LogP contribution < -0.4 is 20.1 Å². The summed E-state index contributed by atoms with van der Waals surface area (Å²) in [4.78, 5) is 25.8. The molecule has 2 N–H and O–H groups in total. The van der Waals surface area contributed by atoms with Crippen LogP contribution in [0.3, 0.4) is 0 Å². The lowest BCUT2D eigenvalue weighted by Gasteiger charge is -2.32. The number of carbonyl (C=O) groups excluding carboxylic acids is 2. The third-order valence-corrected chi connectivity index (χ3v) is 3.97. The zero-order valence-corrected chi connectivity index (χ0v) is 13.1. The van der Waals surface area contributed by atoms with Crippen LogP contribution in [0.2, 0.25) is 0 Å². The molecule has 23 heavy (non-hydrogen) atoms. The van der Waals surface area contributed by atoms with E-state index in [1.807, 2.05) is 0 Å². The predicted molar refractivity (Wildman–Crippen MR) is 84.2 cm³/mol. The molecule has 2 aliphatic heterocycles. The standard InChI is InChI=1S/C16H21N3O4/c1-2-3-11-7-16(21)19(9-17-11)8-15(20)18-12-4-5-13-14(6-12)23-10-22-13/h4-6,11,17H,2-3,7-10H2,1H3,(H,18,20). The van der Waals surface area contributed by atoms with E-state index in [-0.39, 0.29) is 31.2 Å². The molecule has 0 aromatic heterocycles. The van der Waals surface area contributed by atoms with E-state index in [4.69, 9.17) is 9.47 Å². The van der Waals surface area contributed by atoms with E-state index < -0.39 is 0 Å². The minimum absolute atomic E-state index is 0.0167. The summed E-state index contributed by atoms with van der Waals surface area (Å²) in [6, 6.07) is 5.44. The van der Waals surface area contributed by atoms with Crippen molar-refractivity contribution >= 4 is 17.5 Å². The highest BCUT2D eigenvalue weighted by atomic mass is 16.7. The fourth-order valence-corrected chi connectivity index (χ4v) is 2.78. The lowest BCUT2D eigenvalue weighted by Crippen LogP contribution is -2.52. The largest absolute Gasteiger partial charge is 0.454 e. The van der Waals surface area contributed by atoms with E-state index >= 15 is 0 Å². The Morgan fingerprint density at radius 3 is 3.00 bits per heavy atom. The molecule has 7 nitrogen and oxygen atoms in total. The Hall–Kier alpha value is -2.28. The van der Waals surface area contributed by atoms with Gasteiger partial charge in [-0.1, -0.05) is 13.3 Å². The van der Waals surface area contributed by atoms with Crippen LogP contribution in [0.4, 0.5) is 5.69 Å². The molecule has 1 atom stereocenters. The van der Waals surface area contributed by atoms with Crippen LogP contribution in [-0.4, -0.2) is 42.8 Å². The SMILES string of the molecule is CCCC1CC(=O)N(CC(=O)Nc2ccc3c(c2)OCO3)CN1. The second-order valence-electron chi connectivity index (χ2n) is 5.76. The Labute approximate surface area is 134 Å². The molecule has 1 aromatic carbocycles. The molecule has 1 fully saturated rings. The summed E-state index contributed by atoms with van der Waals surface area (Å²) in [6.45, 7) is 2.74. The lowest BCUT2D eigenvalue weighted by atomic mass is 10.1. The third-order valence-electron chi connectivity index (χ3n) is 3.97.